The molecule has 4 rings (SSSR count). The van der Waals surface area contributed by atoms with E-state index < -0.39 is 11.6 Å². The minimum absolute atomic E-state index is 0.124. The highest BCUT2D eigenvalue weighted by atomic mass is 19.2. The molecule has 0 radical (unpaired) electrons. The average Bonchev–Trinajstić information content (AvgIpc) is 2.83. The fourth-order valence-electron chi connectivity index (χ4n) is 3.72. The summed E-state index contributed by atoms with van der Waals surface area (Å²) in [5.41, 5.74) is 2.63. The van der Waals surface area contributed by atoms with E-state index in [1.165, 1.54) is 24.5 Å². The van der Waals surface area contributed by atoms with Gasteiger partial charge < -0.3 is 14.2 Å². The van der Waals surface area contributed by atoms with Crippen LogP contribution in [0.4, 0.5) is 13.2 Å². The summed E-state index contributed by atoms with van der Waals surface area (Å²) in [6.07, 6.45) is 3.49. The highest BCUT2D eigenvalue weighted by Gasteiger charge is 2.23. The molecule has 33 heavy (non-hydrogen) atoms. The SMILES string of the molecule is CC/C=C\Oc1ccc(-c2ccc(-c3ccc(C4COC(C)OC4)c(F)c3)cc2)c(F)c1F. The van der Waals surface area contributed by atoms with E-state index in [1.54, 1.807) is 36.4 Å². The molecular formula is C27H25F3O3. The van der Waals surface area contributed by atoms with Crippen LogP contribution in [-0.2, 0) is 9.47 Å². The fourth-order valence-corrected chi connectivity index (χ4v) is 3.72. The first-order chi connectivity index (χ1) is 16.0. The number of rotatable bonds is 6. The standard InChI is InChI=1S/C27H25F3O3/c1-3-4-13-31-25-12-11-23(26(29)27(25)30)19-7-5-18(6-8-19)20-9-10-22(24(28)14-20)21-15-32-17(2)33-16-21/h4-14,17,21H,3,15-16H2,1-2H3/b13-4-. The van der Waals surface area contributed by atoms with E-state index in [2.05, 4.69) is 0 Å². The van der Waals surface area contributed by atoms with E-state index in [0.717, 1.165) is 12.0 Å². The van der Waals surface area contributed by atoms with Crippen LogP contribution in [0.25, 0.3) is 22.3 Å². The largest absolute Gasteiger partial charge is 0.462 e. The summed E-state index contributed by atoms with van der Waals surface area (Å²) in [5.74, 6) is -2.67. The minimum Gasteiger partial charge on any atom is -0.462 e. The summed E-state index contributed by atoms with van der Waals surface area (Å²) in [4.78, 5) is 0. The smallest absolute Gasteiger partial charge is 0.201 e. The van der Waals surface area contributed by atoms with Crippen LogP contribution in [0.5, 0.6) is 5.75 Å². The third kappa shape index (κ3) is 5.13. The lowest BCUT2D eigenvalue weighted by Gasteiger charge is -2.27. The second-order valence-electron chi connectivity index (χ2n) is 7.88. The van der Waals surface area contributed by atoms with Gasteiger partial charge in [0, 0.05) is 11.5 Å². The van der Waals surface area contributed by atoms with Crippen molar-refractivity contribution in [1.29, 1.82) is 0 Å². The van der Waals surface area contributed by atoms with E-state index in [9.17, 15) is 13.2 Å². The summed E-state index contributed by atoms with van der Waals surface area (Å²) >= 11 is 0. The molecule has 0 N–H and O–H groups in total. The fraction of sp³-hybridized carbons (Fsp3) is 0.259. The first-order valence-electron chi connectivity index (χ1n) is 10.9. The molecule has 1 heterocycles. The molecule has 172 valence electrons. The molecule has 3 aromatic carbocycles. The topological polar surface area (TPSA) is 27.7 Å². The van der Waals surface area contributed by atoms with Gasteiger partial charge in [-0.1, -0.05) is 43.3 Å². The van der Waals surface area contributed by atoms with Gasteiger partial charge in [0.2, 0.25) is 5.82 Å². The average molecular weight is 454 g/mol. The van der Waals surface area contributed by atoms with Crippen molar-refractivity contribution >= 4 is 0 Å². The lowest BCUT2D eigenvalue weighted by atomic mass is 9.95. The molecule has 3 aromatic rings. The van der Waals surface area contributed by atoms with E-state index in [-0.39, 0.29) is 29.3 Å². The Morgan fingerprint density at radius 1 is 0.879 bits per heavy atom. The van der Waals surface area contributed by atoms with Gasteiger partial charge in [0.05, 0.1) is 19.5 Å². The molecular weight excluding hydrogens is 429 g/mol. The van der Waals surface area contributed by atoms with E-state index in [0.29, 0.717) is 29.9 Å². The summed E-state index contributed by atoms with van der Waals surface area (Å²) in [6, 6.07) is 14.8. The molecule has 1 aliphatic rings. The Balaban J connectivity index is 1.53. The molecule has 1 saturated heterocycles. The number of hydrogen-bond donors (Lipinski definition) is 0. The highest BCUT2D eigenvalue weighted by molar-refractivity contribution is 5.71. The monoisotopic (exact) mass is 454 g/mol. The van der Waals surface area contributed by atoms with Crippen molar-refractivity contribution in [1.82, 2.24) is 0 Å². The maximum absolute atomic E-state index is 14.8. The van der Waals surface area contributed by atoms with Crippen molar-refractivity contribution in [2.24, 2.45) is 0 Å². The van der Waals surface area contributed by atoms with E-state index in [4.69, 9.17) is 14.2 Å². The molecule has 0 spiro atoms. The van der Waals surface area contributed by atoms with Gasteiger partial charge in [-0.2, -0.15) is 4.39 Å². The number of halogens is 3. The predicted molar refractivity (Wildman–Crippen MR) is 121 cm³/mol. The third-order valence-electron chi connectivity index (χ3n) is 5.61. The molecule has 1 fully saturated rings. The zero-order valence-electron chi connectivity index (χ0n) is 18.5. The van der Waals surface area contributed by atoms with Crippen LogP contribution in [-0.4, -0.2) is 19.5 Å². The molecule has 0 bridgehead atoms. The molecule has 0 aromatic heterocycles. The molecule has 1 aliphatic heterocycles. The highest BCUT2D eigenvalue weighted by Crippen LogP contribution is 2.33. The van der Waals surface area contributed by atoms with Crippen LogP contribution in [0, 0.1) is 17.5 Å². The Morgan fingerprint density at radius 3 is 2.21 bits per heavy atom. The molecule has 0 amide bonds. The lowest BCUT2D eigenvalue weighted by Crippen LogP contribution is -2.29. The van der Waals surface area contributed by atoms with Crippen molar-refractivity contribution < 1.29 is 27.4 Å². The Hall–Kier alpha value is -3.09. The molecule has 6 heteroatoms. The number of allylic oxidation sites excluding steroid dienone is 1. The van der Waals surface area contributed by atoms with Crippen LogP contribution in [0.15, 0.2) is 66.9 Å². The van der Waals surface area contributed by atoms with Crippen molar-refractivity contribution in [2.45, 2.75) is 32.5 Å². The quantitative estimate of drug-likeness (QED) is 0.368. The zero-order chi connectivity index (χ0) is 23.4. The van der Waals surface area contributed by atoms with Crippen LogP contribution < -0.4 is 4.74 Å². The molecule has 0 saturated carbocycles. The first kappa shape index (κ1) is 23.1. The van der Waals surface area contributed by atoms with Crippen LogP contribution >= 0.6 is 0 Å². The van der Waals surface area contributed by atoms with Crippen LogP contribution in [0.3, 0.4) is 0 Å². The van der Waals surface area contributed by atoms with Gasteiger partial charge in [-0.25, -0.2) is 8.78 Å². The zero-order valence-corrected chi connectivity index (χ0v) is 18.5. The van der Waals surface area contributed by atoms with Crippen molar-refractivity contribution in [3.63, 3.8) is 0 Å². The summed E-state index contributed by atoms with van der Waals surface area (Å²) in [7, 11) is 0. The summed E-state index contributed by atoms with van der Waals surface area (Å²) < 4.78 is 59.9. The molecule has 3 nitrogen and oxygen atoms in total. The lowest BCUT2D eigenvalue weighted by molar-refractivity contribution is -0.176. The maximum atomic E-state index is 14.8. The maximum Gasteiger partial charge on any atom is 0.201 e. The van der Waals surface area contributed by atoms with Gasteiger partial charge in [-0.3, -0.25) is 0 Å². The van der Waals surface area contributed by atoms with E-state index >= 15 is 0 Å². The van der Waals surface area contributed by atoms with Gasteiger partial charge >= 0.3 is 0 Å². The van der Waals surface area contributed by atoms with Crippen LogP contribution in [0.2, 0.25) is 0 Å². The Morgan fingerprint density at radius 2 is 1.55 bits per heavy atom. The third-order valence-corrected chi connectivity index (χ3v) is 5.61. The van der Waals surface area contributed by atoms with Gasteiger partial charge in [0.1, 0.15) is 5.82 Å². The van der Waals surface area contributed by atoms with Crippen molar-refractivity contribution in [3.05, 3.63) is 90.0 Å². The molecule has 0 unspecified atom stereocenters. The summed E-state index contributed by atoms with van der Waals surface area (Å²) in [5, 5.41) is 0. The molecule has 0 atom stereocenters. The second-order valence-corrected chi connectivity index (χ2v) is 7.88. The Labute approximate surface area is 191 Å². The van der Waals surface area contributed by atoms with Gasteiger partial charge in [0.25, 0.3) is 0 Å². The van der Waals surface area contributed by atoms with Gasteiger partial charge in [-0.15, -0.1) is 0 Å². The number of hydrogen-bond acceptors (Lipinski definition) is 3. The summed E-state index contributed by atoms with van der Waals surface area (Å²) in [6.45, 7) is 4.54. The Kier molecular flexibility index (Phi) is 7.16. The van der Waals surface area contributed by atoms with Gasteiger partial charge in [0.15, 0.2) is 17.9 Å². The van der Waals surface area contributed by atoms with Crippen molar-refractivity contribution in [3.8, 4) is 28.0 Å². The van der Waals surface area contributed by atoms with E-state index in [1.807, 2.05) is 19.9 Å². The first-order valence-corrected chi connectivity index (χ1v) is 10.9. The van der Waals surface area contributed by atoms with Gasteiger partial charge in [-0.05, 0) is 59.9 Å². The molecule has 0 aliphatic carbocycles. The predicted octanol–water partition coefficient (Wildman–Crippen LogP) is 7.22. The second kappa shape index (κ2) is 10.2. The number of benzene rings is 3. The normalized spacial score (nSPS) is 18.6. The number of ether oxygens (including phenoxy) is 3. The Bertz CT molecular complexity index is 1130. The minimum atomic E-state index is -1.04. The van der Waals surface area contributed by atoms with Crippen LogP contribution in [0.1, 0.15) is 31.7 Å². The van der Waals surface area contributed by atoms with Crippen molar-refractivity contribution in [2.75, 3.05) is 13.2 Å².